The van der Waals surface area contributed by atoms with Crippen LogP contribution in [0.3, 0.4) is 0 Å². The summed E-state index contributed by atoms with van der Waals surface area (Å²) < 4.78 is 5.50. The van der Waals surface area contributed by atoms with Gasteiger partial charge in [0.05, 0.1) is 12.1 Å². The minimum Gasteiger partial charge on any atom is -0.382 e. The van der Waals surface area contributed by atoms with Gasteiger partial charge in [0.25, 0.3) is 5.91 Å². The van der Waals surface area contributed by atoms with E-state index in [4.69, 9.17) is 10.5 Å². The van der Waals surface area contributed by atoms with Crippen molar-refractivity contribution in [3.8, 4) is 0 Å². The van der Waals surface area contributed by atoms with Crippen LogP contribution >= 0.6 is 11.3 Å². The van der Waals surface area contributed by atoms with Gasteiger partial charge in [0.1, 0.15) is 10.7 Å². The zero-order valence-electron chi connectivity index (χ0n) is 11.7. The van der Waals surface area contributed by atoms with Crippen molar-refractivity contribution in [1.29, 1.82) is 0 Å². The van der Waals surface area contributed by atoms with Gasteiger partial charge in [-0.25, -0.2) is 4.98 Å². The molecule has 2 atom stereocenters. The molecule has 1 saturated heterocycles. The molecule has 0 aliphatic carbocycles. The zero-order valence-corrected chi connectivity index (χ0v) is 12.5. The Hall–Kier alpha value is -1.34. The molecule has 1 amide bonds. The molecule has 1 aromatic rings. The van der Waals surface area contributed by atoms with Gasteiger partial charge in [0.2, 0.25) is 0 Å². The van der Waals surface area contributed by atoms with Crippen molar-refractivity contribution < 1.29 is 9.53 Å². The molecule has 0 bridgehead atoms. The maximum absolute atomic E-state index is 12.5. The van der Waals surface area contributed by atoms with Gasteiger partial charge in [-0.1, -0.05) is 11.3 Å². The predicted octanol–water partition coefficient (Wildman–Crippen LogP) is 1.04. The van der Waals surface area contributed by atoms with Gasteiger partial charge < -0.3 is 20.3 Å². The van der Waals surface area contributed by atoms with Crippen molar-refractivity contribution in [2.75, 3.05) is 38.4 Å². The van der Waals surface area contributed by atoms with Gasteiger partial charge in [-0.05, 0) is 13.3 Å². The molecule has 1 aliphatic heterocycles. The number of anilines is 2. The lowest BCUT2D eigenvalue weighted by Crippen LogP contribution is -2.40. The summed E-state index contributed by atoms with van der Waals surface area (Å²) in [4.78, 5) is 20.8. The number of aromatic nitrogens is 1. The summed E-state index contributed by atoms with van der Waals surface area (Å²) >= 11 is 1.32. The van der Waals surface area contributed by atoms with Gasteiger partial charge in [0.15, 0.2) is 5.13 Å². The standard InChI is InChI=1S/C12H20N4O2S/c1-7-8(5-6-18-7)16(4)11(17)9-10(13)14-12(19-9)15(2)3/h7-8H,5-6,13H2,1-4H3. The van der Waals surface area contributed by atoms with E-state index in [0.717, 1.165) is 11.6 Å². The highest BCUT2D eigenvalue weighted by Gasteiger charge is 2.32. The van der Waals surface area contributed by atoms with Crippen LogP contribution in [0.5, 0.6) is 0 Å². The van der Waals surface area contributed by atoms with E-state index >= 15 is 0 Å². The molecule has 1 aliphatic rings. The Bertz CT molecular complexity index is 474. The molecule has 0 aromatic carbocycles. The second kappa shape index (κ2) is 5.34. The Labute approximate surface area is 117 Å². The highest BCUT2D eigenvalue weighted by Crippen LogP contribution is 2.29. The van der Waals surface area contributed by atoms with Crippen LogP contribution < -0.4 is 10.6 Å². The van der Waals surface area contributed by atoms with Crippen LogP contribution in [-0.4, -0.2) is 55.7 Å². The minimum absolute atomic E-state index is 0.0661. The van der Waals surface area contributed by atoms with Crippen molar-refractivity contribution >= 4 is 28.2 Å². The Kier molecular flexibility index (Phi) is 3.96. The highest BCUT2D eigenvalue weighted by atomic mass is 32.1. The molecular weight excluding hydrogens is 264 g/mol. The molecule has 7 heteroatoms. The summed E-state index contributed by atoms with van der Waals surface area (Å²) in [6, 6.07) is 0.108. The van der Waals surface area contributed by atoms with E-state index < -0.39 is 0 Å². The normalized spacial score (nSPS) is 22.5. The molecule has 19 heavy (non-hydrogen) atoms. The van der Waals surface area contributed by atoms with Crippen molar-refractivity contribution in [2.24, 2.45) is 0 Å². The number of carbonyl (C=O) groups excluding carboxylic acids is 1. The van der Waals surface area contributed by atoms with Crippen LogP contribution in [0.1, 0.15) is 23.0 Å². The number of hydrogen-bond donors (Lipinski definition) is 1. The Morgan fingerprint density at radius 1 is 1.47 bits per heavy atom. The van der Waals surface area contributed by atoms with Gasteiger partial charge in [-0.3, -0.25) is 4.79 Å². The van der Waals surface area contributed by atoms with E-state index in [9.17, 15) is 4.79 Å². The highest BCUT2D eigenvalue weighted by molar-refractivity contribution is 7.18. The summed E-state index contributed by atoms with van der Waals surface area (Å²) in [7, 11) is 5.55. The average Bonchev–Trinajstić information content (AvgIpc) is 2.93. The van der Waals surface area contributed by atoms with Crippen molar-refractivity contribution in [3.63, 3.8) is 0 Å². The zero-order chi connectivity index (χ0) is 14.2. The number of rotatable bonds is 3. The number of ether oxygens (including phenoxy) is 1. The summed E-state index contributed by atoms with van der Waals surface area (Å²) in [5, 5.41) is 0.741. The molecule has 6 nitrogen and oxygen atoms in total. The van der Waals surface area contributed by atoms with Crippen LogP contribution in [0.25, 0.3) is 0 Å². The smallest absolute Gasteiger partial charge is 0.267 e. The third kappa shape index (κ3) is 2.66. The SMILES string of the molecule is CC1OCCC1N(C)C(=O)c1sc(N(C)C)nc1N. The number of nitrogens with zero attached hydrogens (tertiary/aromatic N) is 3. The van der Waals surface area contributed by atoms with E-state index in [1.165, 1.54) is 11.3 Å². The Balaban J connectivity index is 2.19. The topological polar surface area (TPSA) is 71.7 Å². The Morgan fingerprint density at radius 3 is 2.63 bits per heavy atom. The van der Waals surface area contributed by atoms with E-state index in [2.05, 4.69) is 4.98 Å². The summed E-state index contributed by atoms with van der Waals surface area (Å²) in [6.07, 6.45) is 0.930. The van der Waals surface area contributed by atoms with Crippen LogP contribution in [0.15, 0.2) is 0 Å². The number of amides is 1. The lowest BCUT2D eigenvalue weighted by Gasteiger charge is -2.26. The van der Waals surface area contributed by atoms with Gasteiger partial charge in [-0.15, -0.1) is 0 Å². The molecule has 2 unspecified atom stereocenters. The molecular formula is C12H20N4O2S. The first-order valence-electron chi connectivity index (χ1n) is 6.24. The number of nitrogens with two attached hydrogens (primary N) is 1. The number of thiazole rings is 1. The van der Waals surface area contributed by atoms with E-state index in [1.807, 2.05) is 25.9 Å². The van der Waals surface area contributed by atoms with Crippen molar-refractivity contribution in [1.82, 2.24) is 9.88 Å². The molecule has 1 fully saturated rings. The maximum Gasteiger partial charge on any atom is 0.267 e. The number of nitrogen functional groups attached to an aromatic ring is 1. The van der Waals surface area contributed by atoms with Crippen LogP contribution in [0.2, 0.25) is 0 Å². The van der Waals surface area contributed by atoms with Crippen LogP contribution in [0.4, 0.5) is 10.9 Å². The average molecular weight is 284 g/mol. The quantitative estimate of drug-likeness (QED) is 0.898. The largest absolute Gasteiger partial charge is 0.382 e. The fourth-order valence-electron chi connectivity index (χ4n) is 2.20. The van der Waals surface area contributed by atoms with Gasteiger partial charge in [0, 0.05) is 27.7 Å². The summed E-state index contributed by atoms with van der Waals surface area (Å²) in [6.45, 7) is 2.69. The molecule has 2 rings (SSSR count). The predicted molar refractivity (Wildman–Crippen MR) is 76.8 cm³/mol. The first kappa shape index (κ1) is 14.1. The molecule has 0 radical (unpaired) electrons. The molecule has 0 saturated carbocycles. The van der Waals surface area contributed by atoms with E-state index in [1.54, 1.807) is 11.9 Å². The van der Waals surface area contributed by atoms with Crippen molar-refractivity contribution in [3.05, 3.63) is 4.88 Å². The number of hydrogen-bond acceptors (Lipinski definition) is 6. The monoisotopic (exact) mass is 284 g/mol. The summed E-state index contributed by atoms with van der Waals surface area (Å²) in [5.74, 6) is 0.225. The second-order valence-electron chi connectivity index (χ2n) is 4.95. The first-order chi connectivity index (χ1) is 8.91. The fraction of sp³-hybridized carbons (Fsp3) is 0.667. The fourth-order valence-corrected chi connectivity index (χ4v) is 3.10. The lowest BCUT2D eigenvalue weighted by atomic mass is 10.1. The molecule has 2 N–H and O–H groups in total. The van der Waals surface area contributed by atoms with Crippen molar-refractivity contribution in [2.45, 2.75) is 25.5 Å². The van der Waals surface area contributed by atoms with E-state index in [-0.39, 0.29) is 18.1 Å². The number of carbonyl (C=O) groups is 1. The van der Waals surface area contributed by atoms with Gasteiger partial charge >= 0.3 is 0 Å². The lowest BCUT2D eigenvalue weighted by molar-refractivity contribution is 0.0579. The van der Waals surface area contributed by atoms with E-state index in [0.29, 0.717) is 17.3 Å². The first-order valence-corrected chi connectivity index (χ1v) is 7.06. The van der Waals surface area contributed by atoms with Crippen LogP contribution in [-0.2, 0) is 4.74 Å². The third-order valence-electron chi connectivity index (χ3n) is 3.37. The third-order valence-corrected chi connectivity index (χ3v) is 4.60. The summed E-state index contributed by atoms with van der Waals surface area (Å²) in [5.41, 5.74) is 5.85. The number of likely N-dealkylation sites (N-methyl/N-ethyl adjacent to an activating group) is 1. The molecule has 1 aromatic heterocycles. The Morgan fingerprint density at radius 2 is 2.16 bits per heavy atom. The maximum atomic E-state index is 12.5. The molecule has 0 spiro atoms. The molecule has 2 heterocycles. The minimum atomic E-state index is -0.0783. The van der Waals surface area contributed by atoms with Crippen LogP contribution in [0, 0.1) is 0 Å². The second-order valence-corrected chi connectivity index (χ2v) is 5.93. The van der Waals surface area contributed by atoms with Gasteiger partial charge in [-0.2, -0.15) is 0 Å². The molecule has 106 valence electrons.